The summed E-state index contributed by atoms with van der Waals surface area (Å²) in [5.41, 5.74) is 0.692. The lowest BCUT2D eigenvalue weighted by Crippen LogP contribution is -2.36. The molecule has 124 valence electrons. The van der Waals surface area contributed by atoms with E-state index in [1.54, 1.807) is 0 Å². The van der Waals surface area contributed by atoms with Gasteiger partial charge in [-0.1, -0.05) is 24.3 Å². The number of benzene rings is 1. The first-order valence-electron chi connectivity index (χ1n) is 8.37. The Kier molecular flexibility index (Phi) is 5.18. The molecule has 1 aromatic carbocycles. The summed E-state index contributed by atoms with van der Waals surface area (Å²) < 4.78 is 6.02. The molecule has 1 saturated carbocycles. The van der Waals surface area contributed by atoms with Crippen molar-refractivity contribution < 1.29 is 14.6 Å². The molecule has 0 spiro atoms. The van der Waals surface area contributed by atoms with Gasteiger partial charge in [0.25, 0.3) is 0 Å². The highest BCUT2D eigenvalue weighted by Gasteiger charge is 2.21. The Labute approximate surface area is 136 Å². The lowest BCUT2D eigenvalue weighted by atomic mass is 10.1. The number of hydrogen-bond acceptors (Lipinski definition) is 3. The van der Waals surface area contributed by atoms with Crippen LogP contribution in [0.3, 0.4) is 0 Å². The quantitative estimate of drug-likeness (QED) is 0.731. The molecule has 1 aromatic rings. The maximum Gasteiger partial charge on any atom is 0.319 e. The molecule has 2 aliphatic rings. The van der Waals surface area contributed by atoms with Crippen LogP contribution in [0, 0.1) is 5.92 Å². The Balaban J connectivity index is 1.56. The summed E-state index contributed by atoms with van der Waals surface area (Å²) in [4.78, 5) is 12.2. The summed E-state index contributed by atoms with van der Waals surface area (Å²) in [5.74, 6) is 0.864. The van der Waals surface area contributed by atoms with Crippen LogP contribution in [0.4, 0.5) is 10.5 Å². The fourth-order valence-corrected chi connectivity index (χ4v) is 3.20. The largest absolute Gasteiger partial charge is 0.488 e. The maximum atomic E-state index is 12.2. The van der Waals surface area contributed by atoms with E-state index in [0.29, 0.717) is 5.69 Å². The van der Waals surface area contributed by atoms with E-state index in [-0.39, 0.29) is 30.7 Å². The van der Waals surface area contributed by atoms with Crippen molar-refractivity contribution in [3.8, 4) is 5.75 Å². The molecule has 0 aliphatic heterocycles. The van der Waals surface area contributed by atoms with E-state index in [0.717, 1.165) is 25.0 Å². The van der Waals surface area contributed by atoms with Crippen molar-refractivity contribution in [2.45, 2.75) is 44.2 Å². The van der Waals surface area contributed by atoms with Crippen LogP contribution in [-0.4, -0.2) is 29.9 Å². The fourth-order valence-electron chi connectivity index (χ4n) is 3.20. The van der Waals surface area contributed by atoms with Crippen LogP contribution < -0.4 is 15.4 Å². The molecular weight excluding hydrogens is 292 g/mol. The van der Waals surface area contributed by atoms with Gasteiger partial charge in [-0.25, -0.2) is 4.79 Å². The molecule has 0 radical (unpaired) electrons. The first kappa shape index (κ1) is 15.9. The van der Waals surface area contributed by atoms with Gasteiger partial charge in [-0.2, -0.15) is 0 Å². The smallest absolute Gasteiger partial charge is 0.319 e. The van der Waals surface area contributed by atoms with Crippen molar-refractivity contribution in [3.05, 3.63) is 36.4 Å². The highest BCUT2D eigenvalue weighted by atomic mass is 16.5. The number of aliphatic hydroxyl groups excluding tert-OH is 1. The topological polar surface area (TPSA) is 70.6 Å². The number of ether oxygens (including phenoxy) is 1. The normalized spacial score (nSPS) is 23.9. The highest BCUT2D eigenvalue weighted by molar-refractivity contribution is 5.91. The van der Waals surface area contributed by atoms with Gasteiger partial charge < -0.3 is 20.5 Å². The summed E-state index contributed by atoms with van der Waals surface area (Å²) in [6.45, 7) is 0.119. The van der Waals surface area contributed by atoms with Gasteiger partial charge in [0.05, 0.1) is 11.8 Å². The lowest BCUT2D eigenvalue weighted by Gasteiger charge is -2.18. The molecule has 0 unspecified atom stereocenters. The third-order valence-electron chi connectivity index (χ3n) is 4.45. The van der Waals surface area contributed by atoms with Gasteiger partial charge in [0, 0.05) is 18.6 Å². The third-order valence-corrected chi connectivity index (χ3v) is 4.45. The van der Waals surface area contributed by atoms with Crippen LogP contribution in [0.15, 0.2) is 36.4 Å². The second-order valence-electron chi connectivity index (χ2n) is 6.29. The van der Waals surface area contributed by atoms with Crippen molar-refractivity contribution in [1.82, 2.24) is 5.32 Å². The van der Waals surface area contributed by atoms with Gasteiger partial charge in [-0.05, 0) is 44.2 Å². The summed E-state index contributed by atoms with van der Waals surface area (Å²) in [7, 11) is 0. The van der Waals surface area contributed by atoms with E-state index in [4.69, 9.17) is 9.84 Å². The third kappa shape index (κ3) is 4.26. The molecule has 0 heterocycles. The predicted octanol–water partition coefficient (Wildman–Crippen LogP) is 3.07. The van der Waals surface area contributed by atoms with Gasteiger partial charge >= 0.3 is 6.03 Å². The van der Waals surface area contributed by atoms with E-state index in [1.807, 2.05) is 36.4 Å². The van der Waals surface area contributed by atoms with Gasteiger partial charge in [0.2, 0.25) is 0 Å². The number of carbonyl (C=O) groups is 1. The standard InChI is InChI=1S/C18H24N2O3/c21-12-13-9-10-14(11-13)19-18(22)20-16-7-3-4-8-17(16)23-15-5-1-2-6-15/h3-4,7-10,13-15,21H,1-2,5-6,11-12H2,(H2,19,20,22)/t13-,14+/m0/s1. The van der Waals surface area contributed by atoms with Crippen LogP contribution in [0.5, 0.6) is 5.75 Å². The van der Waals surface area contributed by atoms with Gasteiger partial charge in [-0.3, -0.25) is 0 Å². The molecular formula is C18H24N2O3. The maximum absolute atomic E-state index is 12.2. The summed E-state index contributed by atoms with van der Waals surface area (Å²) in [6, 6.07) is 7.26. The van der Waals surface area contributed by atoms with E-state index >= 15 is 0 Å². The average Bonchev–Trinajstić information content (AvgIpc) is 3.21. The molecule has 0 bridgehead atoms. The zero-order valence-electron chi connectivity index (χ0n) is 13.2. The van der Waals surface area contributed by atoms with E-state index in [1.165, 1.54) is 12.8 Å². The van der Waals surface area contributed by atoms with Crippen molar-refractivity contribution >= 4 is 11.7 Å². The predicted molar refractivity (Wildman–Crippen MR) is 89.6 cm³/mol. The Morgan fingerprint density at radius 2 is 2.00 bits per heavy atom. The van der Waals surface area contributed by atoms with E-state index in [9.17, 15) is 4.79 Å². The van der Waals surface area contributed by atoms with Gasteiger partial charge in [-0.15, -0.1) is 0 Å². The molecule has 2 atom stereocenters. The zero-order chi connectivity index (χ0) is 16.1. The SMILES string of the molecule is O=C(Nc1ccccc1OC1CCCC1)N[C@@H]1C=C[C@H](CO)C1. The minimum atomic E-state index is -0.249. The van der Waals surface area contributed by atoms with Crippen molar-refractivity contribution in [2.24, 2.45) is 5.92 Å². The highest BCUT2D eigenvalue weighted by Crippen LogP contribution is 2.29. The monoisotopic (exact) mass is 316 g/mol. The van der Waals surface area contributed by atoms with Crippen LogP contribution in [0.2, 0.25) is 0 Å². The molecule has 0 saturated heterocycles. The first-order chi connectivity index (χ1) is 11.2. The Hall–Kier alpha value is -2.01. The Morgan fingerprint density at radius 1 is 1.22 bits per heavy atom. The lowest BCUT2D eigenvalue weighted by molar-refractivity contribution is 0.211. The number of anilines is 1. The molecule has 1 fully saturated rings. The number of aliphatic hydroxyl groups is 1. The number of rotatable bonds is 5. The summed E-state index contributed by atoms with van der Waals surface area (Å²) in [5, 5.41) is 14.9. The van der Waals surface area contributed by atoms with Crippen molar-refractivity contribution in [2.75, 3.05) is 11.9 Å². The zero-order valence-corrected chi connectivity index (χ0v) is 13.2. The average molecular weight is 316 g/mol. The molecule has 23 heavy (non-hydrogen) atoms. The number of nitrogens with one attached hydrogen (secondary N) is 2. The summed E-state index contributed by atoms with van der Waals surface area (Å²) >= 11 is 0. The molecule has 0 aromatic heterocycles. The van der Waals surface area contributed by atoms with Crippen molar-refractivity contribution in [1.29, 1.82) is 0 Å². The van der Waals surface area contributed by atoms with E-state index in [2.05, 4.69) is 10.6 Å². The van der Waals surface area contributed by atoms with Gasteiger partial charge in [0.1, 0.15) is 5.75 Å². The molecule has 5 heteroatoms. The van der Waals surface area contributed by atoms with E-state index < -0.39 is 0 Å². The van der Waals surface area contributed by atoms with Crippen molar-refractivity contribution in [3.63, 3.8) is 0 Å². The van der Waals surface area contributed by atoms with Gasteiger partial charge in [0.15, 0.2) is 0 Å². The fraction of sp³-hybridized carbons (Fsp3) is 0.500. The minimum absolute atomic E-state index is 0.0323. The molecule has 3 rings (SSSR count). The second kappa shape index (κ2) is 7.51. The number of amides is 2. The second-order valence-corrected chi connectivity index (χ2v) is 6.29. The van der Waals surface area contributed by atoms with Crippen LogP contribution >= 0.6 is 0 Å². The molecule has 2 aliphatic carbocycles. The van der Waals surface area contributed by atoms with Crippen LogP contribution in [0.1, 0.15) is 32.1 Å². The first-order valence-corrected chi connectivity index (χ1v) is 8.37. The van der Waals surface area contributed by atoms with Crippen LogP contribution in [0.25, 0.3) is 0 Å². The number of urea groups is 1. The minimum Gasteiger partial charge on any atom is -0.488 e. The number of hydrogen-bond donors (Lipinski definition) is 3. The Morgan fingerprint density at radius 3 is 2.74 bits per heavy atom. The number of para-hydroxylation sites is 2. The molecule has 3 N–H and O–H groups in total. The van der Waals surface area contributed by atoms with Crippen LogP contribution in [-0.2, 0) is 0 Å². The number of carbonyl (C=O) groups excluding carboxylic acids is 1. The Bertz CT molecular complexity index is 567. The molecule has 2 amide bonds. The molecule has 5 nitrogen and oxygen atoms in total. The summed E-state index contributed by atoms with van der Waals surface area (Å²) in [6.07, 6.45) is 9.45.